The molecule has 1 aromatic carbocycles. The summed E-state index contributed by atoms with van der Waals surface area (Å²) in [4.78, 5) is 0. The summed E-state index contributed by atoms with van der Waals surface area (Å²) in [5, 5.41) is 7.52. The molecule has 1 aromatic rings. The van der Waals surface area contributed by atoms with Crippen LogP contribution >= 0.6 is 12.2 Å². The summed E-state index contributed by atoms with van der Waals surface area (Å²) >= 11 is 5.43. The highest BCUT2D eigenvalue weighted by Gasteiger charge is 2.27. The zero-order valence-corrected chi connectivity index (χ0v) is 12.9. The van der Waals surface area contributed by atoms with E-state index in [-0.39, 0.29) is 0 Å². The number of hydrogen-bond acceptors (Lipinski definition) is 1. The average molecular weight is 276 g/mol. The van der Waals surface area contributed by atoms with Crippen LogP contribution in [0.25, 0.3) is 0 Å². The second-order valence-electron chi connectivity index (χ2n) is 5.84. The van der Waals surface area contributed by atoms with E-state index in [1.54, 1.807) is 0 Å². The van der Waals surface area contributed by atoms with Crippen molar-refractivity contribution in [3.8, 4) is 0 Å². The fraction of sp³-hybridized carbons (Fsp3) is 0.562. The maximum Gasteiger partial charge on any atom is 0.171 e. The van der Waals surface area contributed by atoms with Gasteiger partial charge in [0.1, 0.15) is 0 Å². The van der Waals surface area contributed by atoms with Crippen molar-refractivity contribution in [2.75, 3.05) is 5.32 Å². The summed E-state index contributed by atoms with van der Waals surface area (Å²) in [5.41, 5.74) is 2.31. The van der Waals surface area contributed by atoms with E-state index < -0.39 is 0 Å². The van der Waals surface area contributed by atoms with Gasteiger partial charge < -0.3 is 10.6 Å². The third-order valence-corrected chi connectivity index (χ3v) is 4.52. The Morgan fingerprint density at radius 3 is 2.79 bits per heavy atom. The van der Waals surface area contributed by atoms with Crippen molar-refractivity contribution >= 4 is 23.0 Å². The second kappa shape index (κ2) is 6.38. The monoisotopic (exact) mass is 276 g/mol. The van der Waals surface area contributed by atoms with Crippen LogP contribution in [0.2, 0.25) is 0 Å². The van der Waals surface area contributed by atoms with E-state index in [1.807, 2.05) is 12.1 Å². The molecule has 0 amide bonds. The number of nitrogens with one attached hydrogen (secondary N) is 2. The average Bonchev–Trinajstić information content (AvgIpc) is 2.35. The van der Waals surface area contributed by atoms with Crippen LogP contribution < -0.4 is 10.6 Å². The lowest BCUT2D eigenvalue weighted by atomic mass is 9.78. The molecular weight excluding hydrogens is 252 g/mol. The second-order valence-corrected chi connectivity index (χ2v) is 6.25. The fourth-order valence-corrected chi connectivity index (χ4v) is 3.11. The van der Waals surface area contributed by atoms with E-state index in [1.165, 1.54) is 24.8 Å². The summed E-state index contributed by atoms with van der Waals surface area (Å²) in [6.07, 6.45) is 3.87. The molecule has 1 fully saturated rings. The Bertz CT molecular complexity index is 444. The zero-order valence-electron chi connectivity index (χ0n) is 12.1. The highest BCUT2D eigenvalue weighted by atomic mass is 32.1. The van der Waals surface area contributed by atoms with Gasteiger partial charge in [-0.1, -0.05) is 38.8 Å². The summed E-state index contributed by atoms with van der Waals surface area (Å²) < 4.78 is 0. The van der Waals surface area contributed by atoms with Crippen LogP contribution in [0.5, 0.6) is 0 Å². The molecule has 1 saturated carbocycles. The Balaban J connectivity index is 1.90. The van der Waals surface area contributed by atoms with Gasteiger partial charge in [-0.05, 0) is 55.1 Å². The van der Waals surface area contributed by atoms with Crippen molar-refractivity contribution in [3.05, 3.63) is 29.8 Å². The molecule has 0 unspecified atom stereocenters. The molecule has 2 rings (SSSR count). The van der Waals surface area contributed by atoms with Crippen LogP contribution in [0.3, 0.4) is 0 Å². The maximum absolute atomic E-state index is 5.43. The Kier molecular flexibility index (Phi) is 4.81. The molecule has 3 heteroatoms. The van der Waals surface area contributed by atoms with Crippen LogP contribution in [0.4, 0.5) is 5.69 Å². The largest absolute Gasteiger partial charge is 0.359 e. The Morgan fingerprint density at radius 1 is 1.26 bits per heavy atom. The van der Waals surface area contributed by atoms with Gasteiger partial charge in [-0.25, -0.2) is 0 Å². The molecule has 0 aromatic heterocycles. The number of anilines is 1. The van der Waals surface area contributed by atoms with E-state index in [0.717, 1.165) is 16.7 Å². The Hall–Kier alpha value is -1.09. The van der Waals surface area contributed by atoms with Crippen LogP contribution in [0, 0.1) is 18.8 Å². The summed E-state index contributed by atoms with van der Waals surface area (Å²) in [5.74, 6) is 1.47. The smallest absolute Gasteiger partial charge is 0.171 e. The molecular formula is C16H24N2S. The molecule has 0 bridgehead atoms. The standard InChI is InChI=1S/C16H24N2S/c1-11-6-4-8-14(10-11)17-16(19)18-15-9-5-7-12(2)13(15)3/h4,6,8,10,12-13,15H,5,7,9H2,1-3H3,(H2,17,18,19)/t12-,13+,15+/m0/s1. The van der Waals surface area contributed by atoms with Gasteiger partial charge in [0.2, 0.25) is 0 Å². The van der Waals surface area contributed by atoms with Crippen LogP contribution in [-0.2, 0) is 0 Å². The van der Waals surface area contributed by atoms with Crippen molar-refractivity contribution in [1.82, 2.24) is 5.32 Å². The topological polar surface area (TPSA) is 24.1 Å². The van der Waals surface area contributed by atoms with Crippen LogP contribution in [0.1, 0.15) is 38.7 Å². The summed E-state index contributed by atoms with van der Waals surface area (Å²) in [6, 6.07) is 8.81. The molecule has 0 heterocycles. The lowest BCUT2D eigenvalue weighted by Crippen LogP contribution is -2.45. The minimum Gasteiger partial charge on any atom is -0.359 e. The number of hydrogen-bond donors (Lipinski definition) is 2. The number of rotatable bonds is 2. The summed E-state index contributed by atoms with van der Waals surface area (Å²) in [6.45, 7) is 6.76. The molecule has 3 atom stereocenters. The van der Waals surface area contributed by atoms with Gasteiger partial charge in [-0.2, -0.15) is 0 Å². The first-order valence-electron chi connectivity index (χ1n) is 7.20. The van der Waals surface area contributed by atoms with Crippen molar-refractivity contribution in [2.45, 2.75) is 46.1 Å². The molecule has 104 valence electrons. The number of aryl methyl sites for hydroxylation is 1. The zero-order chi connectivity index (χ0) is 13.8. The van der Waals surface area contributed by atoms with Crippen molar-refractivity contribution in [3.63, 3.8) is 0 Å². The van der Waals surface area contributed by atoms with Crippen LogP contribution in [-0.4, -0.2) is 11.2 Å². The normalized spacial score (nSPS) is 26.8. The minimum absolute atomic E-state index is 0.508. The van der Waals surface area contributed by atoms with Gasteiger partial charge >= 0.3 is 0 Å². The molecule has 2 N–H and O–H groups in total. The molecule has 0 spiro atoms. The highest BCUT2D eigenvalue weighted by molar-refractivity contribution is 7.80. The number of benzene rings is 1. The quantitative estimate of drug-likeness (QED) is 0.795. The lowest BCUT2D eigenvalue weighted by Gasteiger charge is -2.35. The molecule has 19 heavy (non-hydrogen) atoms. The van der Waals surface area contributed by atoms with Gasteiger partial charge in [-0.15, -0.1) is 0 Å². The SMILES string of the molecule is Cc1cccc(NC(=S)N[C@@H]2CCC[C@H](C)[C@H]2C)c1. The number of thiocarbonyl (C=S) groups is 1. The predicted octanol–water partition coefficient (Wildman–Crippen LogP) is 4.11. The third kappa shape index (κ3) is 3.93. The van der Waals surface area contributed by atoms with E-state index >= 15 is 0 Å². The Labute approximate surface area is 122 Å². The van der Waals surface area contributed by atoms with E-state index in [9.17, 15) is 0 Å². The first-order chi connectivity index (χ1) is 9.06. The molecule has 0 saturated heterocycles. The first kappa shape index (κ1) is 14.3. The molecule has 2 nitrogen and oxygen atoms in total. The van der Waals surface area contributed by atoms with E-state index in [2.05, 4.69) is 43.5 Å². The first-order valence-corrected chi connectivity index (χ1v) is 7.61. The molecule has 0 aliphatic heterocycles. The van der Waals surface area contributed by atoms with Crippen molar-refractivity contribution in [1.29, 1.82) is 0 Å². The molecule has 0 radical (unpaired) electrons. The summed E-state index contributed by atoms with van der Waals surface area (Å²) in [7, 11) is 0. The van der Waals surface area contributed by atoms with E-state index in [0.29, 0.717) is 12.0 Å². The van der Waals surface area contributed by atoms with Gasteiger partial charge in [-0.3, -0.25) is 0 Å². The molecule has 1 aliphatic carbocycles. The van der Waals surface area contributed by atoms with Crippen LogP contribution in [0.15, 0.2) is 24.3 Å². The maximum atomic E-state index is 5.43. The van der Waals surface area contributed by atoms with Crippen molar-refractivity contribution in [2.24, 2.45) is 11.8 Å². The van der Waals surface area contributed by atoms with Gasteiger partial charge in [0.05, 0.1) is 0 Å². The Morgan fingerprint density at radius 2 is 2.05 bits per heavy atom. The predicted molar refractivity (Wildman–Crippen MR) is 86.5 cm³/mol. The molecule has 1 aliphatic rings. The van der Waals surface area contributed by atoms with Gasteiger partial charge in [0.15, 0.2) is 5.11 Å². The van der Waals surface area contributed by atoms with E-state index in [4.69, 9.17) is 12.2 Å². The highest BCUT2D eigenvalue weighted by Crippen LogP contribution is 2.29. The van der Waals surface area contributed by atoms with Crippen molar-refractivity contribution < 1.29 is 0 Å². The van der Waals surface area contributed by atoms with Gasteiger partial charge in [0, 0.05) is 11.7 Å². The lowest BCUT2D eigenvalue weighted by molar-refractivity contribution is 0.225. The third-order valence-electron chi connectivity index (χ3n) is 4.30. The fourth-order valence-electron chi connectivity index (χ4n) is 2.84. The minimum atomic E-state index is 0.508. The van der Waals surface area contributed by atoms with Gasteiger partial charge in [0.25, 0.3) is 0 Å².